The van der Waals surface area contributed by atoms with Gasteiger partial charge in [0.15, 0.2) is 5.78 Å². The minimum Gasteiger partial charge on any atom is -0.345 e. The van der Waals surface area contributed by atoms with Gasteiger partial charge >= 0.3 is 0 Å². The van der Waals surface area contributed by atoms with Crippen molar-refractivity contribution in [2.24, 2.45) is 5.92 Å². The van der Waals surface area contributed by atoms with E-state index < -0.39 is 0 Å². The van der Waals surface area contributed by atoms with E-state index in [1.807, 2.05) is 36.1 Å². The number of aryl methyl sites for hydroxylation is 2. The minimum absolute atomic E-state index is 0.0198. The molecule has 4 heteroatoms. The van der Waals surface area contributed by atoms with E-state index in [0.717, 1.165) is 35.2 Å². The first-order valence-corrected chi connectivity index (χ1v) is 11.5. The van der Waals surface area contributed by atoms with Gasteiger partial charge in [-0.3, -0.25) is 9.59 Å². The third-order valence-corrected chi connectivity index (χ3v) is 7.14. The summed E-state index contributed by atoms with van der Waals surface area (Å²) in [6, 6.07) is 10.5. The summed E-state index contributed by atoms with van der Waals surface area (Å²) in [4.78, 5) is 28.1. The number of piperidine rings is 1. The van der Waals surface area contributed by atoms with Crippen LogP contribution >= 0.6 is 0 Å². The number of hydrogen-bond acceptors (Lipinski definition) is 2. The molecule has 0 spiro atoms. The molecular weight excluding hydrogens is 372 g/mol. The Morgan fingerprint density at radius 3 is 2.13 bits per heavy atom. The predicted molar refractivity (Wildman–Crippen MR) is 120 cm³/mol. The van der Waals surface area contributed by atoms with E-state index in [2.05, 4.69) is 24.5 Å². The fraction of sp³-hybridized carbons (Fsp3) is 0.538. The van der Waals surface area contributed by atoms with E-state index in [1.165, 1.54) is 37.8 Å². The summed E-state index contributed by atoms with van der Waals surface area (Å²) >= 11 is 0. The zero-order valence-corrected chi connectivity index (χ0v) is 18.6. The summed E-state index contributed by atoms with van der Waals surface area (Å²) < 4.78 is 2.40. The molecule has 160 valence electrons. The van der Waals surface area contributed by atoms with Crippen LogP contribution in [0.5, 0.6) is 0 Å². The van der Waals surface area contributed by atoms with Gasteiger partial charge in [0.2, 0.25) is 0 Å². The van der Waals surface area contributed by atoms with Gasteiger partial charge in [0.05, 0.1) is 5.56 Å². The van der Waals surface area contributed by atoms with Gasteiger partial charge < -0.3 is 9.47 Å². The number of ketones is 1. The highest BCUT2D eigenvalue weighted by Gasteiger charge is 2.30. The lowest BCUT2D eigenvalue weighted by atomic mass is 9.88. The summed E-state index contributed by atoms with van der Waals surface area (Å²) in [6.07, 6.45) is 7.84. The van der Waals surface area contributed by atoms with Gasteiger partial charge in [0.1, 0.15) is 0 Å². The van der Waals surface area contributed by atoms with Crippen LogP contribution in [0.15, 0.2) is 30.3 Å². The normalized spacial score (nSPS) is 18.6. The van der Waals surface area contributed by atoms with Crippen LogP contribution in [-0.2, 0) is 0 Å². The summed E-state index contributed by atoms with van der Waals surface area (Å²) in [7, 11) is 0. The van der Waals surface area contributed by atoms with Crippen LogP contribution in [0, 0.1) is 26.7 Å². The van der Waals surface area contributed by atoms with Crippen molar-refractivity contribution in [3.8, 4) is 0 Å². The van der Waals surface area contributed by atoms with Crippen molar-refractivity contribution in [1.29, 1.82) is 0 Å². The highest BCUT2D eigenvalue weighted by atomic mass is 16.2. The molecule has 0 bridgehead atoms. The molecule has 2 heterocycles. The number of carbonyl (C=O) groups excluding carboxylic acids is 2. The molecule has 1 aliphatic carbocycles. The molecule has 0 N–H and O–H groups in total. The summed E-state index contributed by atoms with van der Waals surface area (Å²) in [5.41, 5.74) is 5.12. The average Bonchev–Trinajstić information content (AvgIpc) is 3.08. The minimum atomic E-state index is 0.0198. The molecule has 4 nitrogen and oxygen atoms in total. The molecule has 0 atom stereocenters. The molecular formula is C26H34N2O2. The molecule has 4 rings (SSSR count). The molecule has 2 aliphatic rings. The van der Waals surface area contributed by atoms with Crippen molar-refractivity contribution in [2.75, 3.05) is 13.1 Å². The second-order valence-corrected chi connectivity index (χ2v) is 9.24. The van der Waals surface area contributed by atoms with Gasteiger partial charge in [-0.2, -0.15) is 0 Å². The van der Waals surface area contributed by atoms with Crippen LogP contribution < -0.4 is 0 Å². The Morgan fingerprint density at radius 2 is 1.50 bits per heavy atom. The number of amides is 1. The first-order chi connectivity index (χ1) is 14.5. The third-order valence-electron chi connectivity index (χ3n) is 7.14. The monoisotopic (exact) mass is 406 g/mol. The second kappa shape index (κ2) is 8.79. The molecule has 1 aliphatic heterocycles. The van der Waals surface area contributed by atoms with Crippen LogP contribution in [0.1, 0.15) is 88.7 Å². The van der Waals surface area contributed by atoms with Gasteiger partial charge in [0.25, 0.3) is 5.91 Å². The second-order valence-electron chi connectivity index (χ2n) is 9.24. The van der Waals surface area contributed by atoms with Crippen molar-refractivity contribution in [3.05, 3.63) is 58.4 Å². The average molecular weight is 407 g/mol. The Hall–Kier alpha value is -2.36. The maximum absolute atomic E-state index is 13.3. The standard InChI is InChI=1S/C26H34N2O2/c1-18-9-11-21(12-10-18)25(29)22-13-15-27(16-14-22)26(30)24-17-19(2)28(20(24)3)23-7-5-4-6-8-23/h9-12,17,22-23H,4-8,13-16H2,1-3H3. The SMILES string of the molecule is Cc1ccc(C(=O)C2CCN(C(=O)c3cc(C)n(C4CCCCC4)c3C)CC2)cc1. The Bertz CT molecular complexity index is 911. The van der Waals surface area contributed by atoms with Crippen LogP contribution in [0.4, 0.5) is 0 Å². The quantitative estimate of drug-likeness (QED) is 0.615. The number of benzene rings is 1. The zero-order chi connectivity index (χ0) is 21.3. The van der Waals surface area contributed by atoms with Crippen molar-refractivity contribution < 1.29 is 9.59 Å². The lowest BCUT2D eigenvalue weighted by molar-refractivity contribution is 0.0649. The van der Waals surface area contributed by atoms with E-state index in [4.69, 9.17) is 0 Å². The van der Waals surface area contributed by atoms with E-state index in [-0.39, 0.29) is 17.6 Å². The zero-order valence-electron chi connectivity index (χ0n) is 18.6. The number of carbonyl (C=O) groups is 2. The topological polar surface area (TPSA) is 42.3 Å². The Labute approximate surface area is 180 Å². The molecule has 0 unspecified atom stereocenters. The first kappa shape index (κ1) is 20.9. The van der Waals surface area contributed by atoms with Crippen molar-refractivity contribution in [3.63, 3.8) is 0 Å². The van der Waals surface area contributed by atoms with E-state index in [0.29, 0.717) is 19.1 Å². The summed E-state index contributed by atoms with van der Waals surface area (Å²) in [5, 5.41) is 0. The maximum atomic E-state index is 13.3. The molecule has 1 aromatic carbocycles. The van der Waals surface area contributed by atoms with Crippen molar-refractivity contribution >= 4 is 11.7 Å². The van der Waals surface area contributed by atoms with Crippen LogP contribution in [0.2, 0.25) is 0 Å². The van der Waals surface area contributed by atoms with E-state index in [1.54, 1.807) is 0 Å². The lowest BCUT2D eigenvalue weighted by Crippen LogP contribution is -2.40. The van der Waals surface area contributed by atoms with Gasteiger partial charge in [0, 0.05) is 42.0 Å². The van der Waals surface area contributed by atoms with Crippen LogP contribution in [-0.4, -0.2) is 34.2 Å². The lowest BCUT2D eigenvalue weighted by Gasteiger charge is -2.31. The molecule has 1 aromatic heterocycles. The number of likely N-dealkylation sites (tertiary alicyclic amines) is 1. The molecule has 1 amide bonds. The van der Waals surface area contributed by atoms with Gasteiger partial charge in [-0.05, 0) is 52.5 Å². The van der Waals surface area contributed by atoms with Crippen molar-refractivity contribution in [1.82, 2.24) is 9.47 Å². The largest absolute Gasteiger partial charge is 0.345 e. The van der Waals surface area contributed by atoms with E-state index >= 15 is 0 Å². The van der Waals surface area contributed by atoms with Crippen LogP contribution in [0.3, 0.4) is 0 Å². The van der Waals surface area contributed by atoms with Gasteiger partial charge in [-0.25, -0.2) is 0 Å². The molecule has 1 saturated carbocycles. The highest BCUT2D eigenvalue weighted by Crippen LogP contribution is 2.33. The fourth-order valence-electron chi connectivity index (χ4n) is 5.36. The predicted octanol–water partition coefficient (Wildman–Crippen LogP) is 5.65. The summed E-state index contributed by atoms with van der Waals surface area (Å²) in [6.45, 7) is 7.58. The summed E-state index contributed by atoms with van der Waals surface area (Å²) in [5.74, 6) is 0.371. The van der Waals surface area contributed by atoms with Gasteiger partial charge in [-0.1, -0.05) is 49.1 Å². The third kappa shape index (κ3) is 4.10. The molecule has 1 saturated heterocycles. The van der Waals surface area contributed by atoms with E-state index in [9.17, 15) is 9.59 Å². The number of rotatable bonds is 4. The smallest absolute Gasteiger partial charge is 0.255 e. The molecule has 2 fully saturated rings. The highest BCUT2D eigenvalue weighted by molar-refractivity contribution is 5.99. The molecule has 2 aromatic rings. The molecule has 0 radical (unpaired) electrons. The fourth-order valence-corrected chi connectivity index (χ4v) is 5.36. The Morgan fingerprint density at radius 1 is 0.867 bits per heavy atom. The van der Waals surface area contributed by atoms with Crippen LogP contribution in [0.25, 0.3) is 0 Å². The number of aromatic nitrogens is 1. The Balaban J connectivity index is 1.42. The number of hydrogen-bond donors (Lipinski definition) is 0. The maximum Gasteiger partial charge on any atom is 0.255 e. The molecule has 30 heavy (non-hydrogen) atoms. The number of Topliss-reactive ketones (excluding diaryl/α,β-unsaturated/α-hetero) is 1. The Kier molecular flexibility index (Phi) is 6.12. The van der Waals surface area contributed by atoms with Crippen molar-refractivity contribution in [2.45, 2.75) is 71.8 Å². The van der Waals surface area contributed by atoms with Gasteiger partial charge in [-0.15, -0.1) is 0 Å². The number of nitrogens with zero attached hydrogens (tertiary/aromatic N) is 2. The first-order valence-electron chi connectivity index (χ1n) is 11.5.